The van der Waals surface area contributed by atoms with Crippen LogP contribution in [0.15, 0.2) is 24.3 Å². The monoisotopic (exact) mass is 263 g/mol. The van der Waals surface area contributed by atoms with Crippen LogP contribution < -0.4 is 0 Å². The minimum absolute atomic E-state index is 0.277. The number of thioether (sulfide) groups is 1. The molecule has 1 atom stereocenters. The van der Waals surface area contributed by atoms with Crippen molar-refractivity contribution in [1.29, 1.82) is 0 Å². The van der Waals surface area contributed by atoms with Gasteiger partial charge in [0, 0.05) is 42.6 Å². The number of ketones is 1. The van der Waals surface area contributed by atoms with Crippen LogP contribution >= 0.6 is 11.8 Å². The molecule has 1 aliphatic rings. The van der Waals surface area contributed by atoms with Gasteiger partial charge in [0.2, 0.25) is 0 Å². The minimum Gasteiger partial charge on any atom is -0.301 e. The molecule has 0 bridgehead atoms. The predicted octanol–water partition coefficient (Wildman–Crippen LogP) is 3.01. The molecule has 1 saturated heterocycles. The van der Waals surface area contributed by atoms with Crippen molar-refractivity contribution in [2.24, 2.45) is 0 Å². The van der Waals surface area contributed by atoms with Crippen LogP contribution in [0.2, 0.25) is 0 Å². The average molecular weight is 263 g/mol. The third-order valence-electron chi connectivity index (χ3n) is 3.43. The Hall–Kier alpha value is -0.800. The van der Waals surface area contributed by atoms with E-state index >= 15 is 0 Å². The molecule has 1 aromatic rings. The van der Waals surface area contributed by atoms with Gasteiger partial charge in [-0.05, 0) is 12.5 Å². The summed E-state index contributed by atoms with van der Waals surface area (Å²) in [4.78, 5) is 14.6. The van der Waals surface area contributed by atoms with Gasteiger partial charge in [-0.1, -0.05) is 31.2 Å². The first-order chi connectivity index (χ1) is 8.66. The highest BCUT2D eigenvalue weighted by molar-refractivity contribution is 7.99. The molecule has 98 valence electrons. The summed E-state index contributed by atoms with van der Waals surface area (Å²) in [5.74, 6) is 1.47. The van der Waals surface area contributed by atoms with Gasteiger partial charge < -0.3 is 4.90 Å². The van der Waals surface area contributed by atoms with Crippen LogP contribution in [0, 0.1) is 6.92 Å². The molecule has 2 rings (SSSR count). The highest BCUT2D eigenvalue weighted by Gasteiger charge is 2.17. The lowest BCUT2D eigenvalue weighted by Gasteiger charge is -2.30. The first-order valence-corrected chi connectivity index (χ1v) is 7.64. The molecule has 1 unspecified atom stereocenters. The average Bonchev–Trinajstić information content (AvgIpc) is 2.37. The number of aryl methyl sites for hydroxylation is 1. The van der Waals surface area contributed by atoms with Crippen molar-refractivity contribution in [3.8, 4) is 0 Å². The quantitative estimate of drug-likeness (QED) is 0.779. The van der Waals surface area contributed by atoms with Crippen LogP contribution in [0.1, 0.15) is 29.3 Å². The Morgan fingerprint density at radius 1 is 1.44 bits per heavy atom. The molecule has 3 heteroatoms. The van der Waals surface area contributed by atoms with Gasteiger partial charge in [-0.25, -0.2) is 0 Å². The Morgan fingerprint density at radius 3 is 2.94 bits per heavy atom. The fourth-order valence-corrected chi connectivity index (χ4v) is 3.46. The van der Waals surface area contributed by atoms with E-state index in [0.29, 0.717) is 11.7 Å². The standard InChI is InChI=1S/C15H21NOS/c1-12-5-3-4-6-14(12)15(17)7-8-16-9-10-18-13(2)11-16/h3-6,13H,7-11H2,1-2H3. The van der Waals surface area contributed by atoms with E-state index in [4.69, 9.17) is 0 Å². The molecular weight excluding hydrogens is 242 g/mol. The molecule has 0 N–H and O–H groups in total. The molecule has 0 spiro atoms. The summed E-state index contributed by atoms with van der Waals surface area (Å²) in [5.41, 5.74) is 1.97. The molecule has 2 nitrogen and oxygen atoms in total. The van der Waals surface area contributed by atoms with Gasteiger partial charge in [-0.2, -0.15) is 11.8 Å². The largest absolute Gasteiger partial charge is 0.301 e. The van der Waals surface area contributed by atoms with Gasteiger partial charge in [0.25, 0.3) is 0 Å². The third kappa shape index (κ3) is 3.59. The van der Waals surface area contributed by atoms with Crippen molar-refractivity contribution in [2.75, 3.05) is 25.4 Å². The molecule has 1 heterocycles. The highest BCUT2D eigenvalue weighted by Crippen LogP contribution is 2.18. The summed E-state index contributed by atoms with van der Waals surface area (Å²) in [7, 11) is 0. The van der Waals surface area contributed by atoms with Crippen molar-refractivity contribution in [3.05, 3.63) is 35.4 Å². The SMILES string of the molecule is Cc1ccccc1C(=O)CCN1CCSC(C)C1. The van der Waals surface area contributed by atoms with Crippen molar-refractivity contribution >= 4 is 17.5 Å². The minimum atomic E-state index is 0.277. The molecule has 1 fully saturated rings. The van der Waals surface area contributed by atoms with Crippen LogP contribution in [0.5, 0.6) is 0 Å². The summed E-state index contributed by atoms with van der Waals surface area (Å²) >= 11 is 2.03. The lowest BCUT2D eigenvalue weighted by molar-refractivity contribution is 0.0964. The Morgan fingerprint density at radius 2 is 2.22 bits per heavy atom. The van der Waals surface area contributed by atoms with E-state index in [2.05, 4.69) is 11.8 Å². The second kappa shape index (κ2) is 6.39. The molecule has 0 aromatic heterocycles. The van der Waals surface area contributed by atoms with Gasteiger partial charge in [0.1, 0.15) is 0 Å². The number of nitrogens with zero attached hydrogens (tertiary/aromatic N) is 1. The lowest BCUT2D eigenvalue weighted by Crippen LogP contribution is -2.37. The topological polar surface area (TPSA) is 20.3 Å². The maximum absolute atomic E-state index is 12.2. The number of carbonyl (C=O) groups excluding carboxylic acids is 1. The molecule has 1 aromatic carbocycles. The van der Waals surface area contributed by atoms with E-state index in [0.717, 1.165) is 30.8 Å². The van der Waals surface area contributed by atoms with E-state index in [1.54, 1.807) is 0 Å². The number of benzene rings is 1. The first-order valence-electron chi connectivity index (χ1n) is 6.59. The van der Waals surface area contributed by atoms with E-state index < -0.39 is 0 Å². The van der Waals surface area contributed by atoms with Crippen LogP contribution in [0.25, 0.3) is 0 Å². The smallest absolute Gasteiger partial charge is 0.164 e. The molecule has 0 saturated carbocycles. The van der Waals surface area contributed by atoms with Crippen LogP contribution in [-0.4, -0.2) is 41.3 Å². The molecule has 18 heavy (non-hydrogen) atoms. The molecule has 0 aliphatic carbocycles. The summed E-state index contributed by atoms with van der Waals surface area (Å²) < 4.78 is 0. The van der Waals surface area contributed by atoms with Gasteiger partial charge in [0.05, 0.1) is 0 Å². The molecule has 1 aliphatic heterocycles. The second-order valence-electron chi connectivity index (χ2n) is 4.97. The Bertz CT molecular complexity index is 419. The van der Waals surface area contributed by atoms with Crippen molar-refractivity contribution in [1.82, 2.24) is 4.90 Å². The zero-order valence-electron chi connectivity index (χ0n) is 11.2. The van der Waals surface area contributed by atoms with E-state index in [-0.39, 0.29) is 5.78 Å². The van der Waals surface area contributed by atoms with E-state index in [1.165, 1.54) is 5.75 Å². The zero-order valence-corrected chi connectivity index (χ0v) is 12.0. The van der Waals surface area contributed by atoms with Crippen molar-refractivity contribution < 1.29 is 4.79 Å². The summed E-state index contributed by atoms with van der Waals surface area (Å²) in [6.07, 6.45) is 0.641. The molecule has 0 amide bonds. The number of hydrogen-bond acceptors (Lipinski definition) is 3. The van der Waals surface area contributed by atoms with Gasteiger partial charge in [-0.3, -0.25) is 4.79 Å². The molecule has 0 radical (unpaired) electrons. The van der Waals surface area contributed by atoms with Gasteiger partial charge >= 0.3 is 0 Å². The fourth-order valence-electron chi connectivity index (χ4n) is 2.37. The van der Waals surface area contributed by atoms with E-state index in [1.807, 2.05) is 43.0 Å². The Kier molecular flexibility index (Phi) is 4.84. The molecular formula is C15H21NOS. The fraction of sp³-hybridized carbons (Fsp3) is 0.533. The summed E-state index contributed by atoms with van der Waals surface area (Å²) in [5, 5.41) is 0.701. The van der Waals surface area contributed by atoms with E-state index in [9.17, 15) is 4.79 Å². The van der Waals surface area contributed by atoms with Crippen molar-refractivity contribution in [2.45, 2.75) is 25.5 Å². The number of hydrogen-bond donors (Lipinski definition) is 0. The third-order valence-corrected chi connectivity index (χ3v) is 4.56. The normalized spacial score (nSPS) is 20.9. The number of Topliss-reactive ketones (excluding diaryl/α,β-unsaturated/α-hetero) is 1. The van der Waals surface area contributed by atoms with Crippen molar-refractivity contribution in [3.63, 3.8) is 0 Å². The maximum atomic E-state index is 12.2. The zero-order chi connectivity index (χ0) is 13.0. The van der Waals surface area contributed by atoms with Crippen LogP contribution in [0.3, 0.4) is 0 Å². The highest BCUT2D eigenvalue weighted by atomic mass is 32.2. The van der Waals surface area contributed by atoms with Crippen LogP contribution in [-0.2, 0) is 0 Å². The second-order valence-corrected chi connectivity index (χ2v) is 6.52. The lowest BCUT2D eigenvalue weighted by atomic mass is 10.0. The number of rotatable bonds is 4. The first kappa shape index (κ1) is 13.6. The number of carbonyl (C=O) groups is 1. The van der Waals surface area contributed by atoms with Crippen LogP contribution in [0.4, 0.5) is 0 Å². The Balaban J connectivity index is 1.87. The summed E-state index contributed by atoms with van der Waals surface area (Å²) in [6, 6.07) is 7.87. The Labute approximate surface area is 114 Å². The van der Waals surface area contributed by atoms with Gasteiger partial charge in [-0.15, -0.1) is 0 Å². The summed E-state index contributed by atoms with van der Waals surface area (Å²) in [6.45, 7) is 7.41. The van der Waals surface area contributed by atoms with Gasteiger partial charge in [0.15, 0.2) is 5.78 Å². The maximum Gasteiger partial charge on any atom is 0.164 e. The predicted molar refractivity (Wildman–Crippen MR) is 78.5 cm³/mol.